The highest BCUT2D eigenvalue weighted by atomic mass is 15.1. The van der Waals surface area contributed by atoms with Gasteiger partial charge in [0.25, 0.3) is 0 Å². The third-order valence-electron chi connectivity index (χ3n) is 2.47. The van der Waals surface area contributed by atoms with Crippen LogP contribution < -0.4 is 0 Å². The van der Waals surface area contributed by atoms with Crippen molar-refractivity contribution in [2.75, 3.05) is 0 Å². The Labute approximate surface area is 93.0 Å². The quantitative estimate of drug-likeness (QED) is 0.616. The van der Waals surface area contributed by atoms with Gasteiger partial charge in [-0.15, -0.1) is 0 Å². The van der Waals surface area contributed by atoms with E-state index in [0.29, 0.717) is 0 Å². The largest absolute Gasteiger partial charge is 0.318 e. The van der Waals surface area contributed by atoms with Crippen LogP contribution in [0.1, 0.15) is 0 Å². The topological polar surface area (TPSA) is 43.6 Å². The summed E-state index contributed by atoms with van der Waals surface area (Å²) >= 11 is 0. The number of fused-ring (bicyclic) bond motifs is 1. The molecule has 1 aromatic carbocycles. The maximum absolute atomic E-state index is 4.49. The summed E-state index contributed by atoms with van der Waals surface area (Å²) in [5.74, 6) is 1.60. The first kappa shape index (κ1) is 9.03. The molecule has 0 bridgehead atoms. The van der Waals surface area contributed by atoms with Crippen molar-refractivity contribution < 1.29 is 0 Å². The lowest BCUT2D eigenvalue weighted by atomic mass is 10.2. The smallest absolute Gasteiger partial charge is 0.163 e. The van der Waals surface area contributed by atoms with Crippen LogP contribution in [-0.4, -0.2) is 19.5 Å². The molecule has 0 saturated heterocycles. The molecule has 78 valence electrons. The van der Waals surface area contributed by atoms with Gasteiger partial charge >= 0.3 is 0 Å². The Bertz CT molecular complexity index is 585. The fourth-order valence-corrected chi connectivity index (χ4v) is 1.67. The van der Waals surface area contributed by atoms with Crippen LogP contribution in [0.25, 0.3) is 22.9 Å². The van der Waals surface area contributed by atoms with E-state index in [1.54, 1.807) is 12.5 Å². The normalized spacial score (nSPS) is 10.8. The van der Waals surface area contributed by atoms with Crippen molar-refractivity contribution in [3.8, 4) is 22.9 Å². The number of hydrogen-bond acceptors (Lipinski definition) is 3. The lowest BCUT2D eigenvalue weighted by Crippen LogP contribution is -1.97. The first-order valence-corrected chi connectivity index (χ1v) is 5.04. The predicted molar refractivity (Wildman–Crippen MR) is 60.9 cm³/mol. The van der Waals surface area contributed by atoms with Gasteiger partial charge in [0.1, 0.15) is 5.69 Å². The molecule has 0 atom stereocenters. The highest BCUT2D eigenvalue weighted by Gasteiger charge is 2.13. The summed E-state index contributed by atoms with van der Waals surface area (Å²) in [7, 11) is 1.92. The second kappa shape index (κ2) is 3.41. The number of aromatic nitrogens is 4. The zero-order valence-electron chi connectivity index (χ0n) is 8.83. The van der Waals surface area contributed by atoms with Crippen LogP contribution in [0.5, 0.6) is 0 Å². The highest BCUT2D eigenvalue weighted by Crippen LogP contribution is 2.22. The molecule has 4 nitrogen and oxygen atoms in total. The molecule has 0 saturated carbocycles. The molecular formula is C12H10N4. The van der Waals surface area contributed by atoms with Gasteiger partial charge in [-0.05, 0) is 0 Å². The van der Waals surface area contributed by atoms with Crippen LogP contribution >= 0.6 is 0 Å². The third-order valence-corrected chi connectivity index (χ3v) is 2.47. The Kier molecular flexibility index (Phi) is 1.93. The number of aryl methyl sites for hydroxylation is 1. The molecule has 2 aliphatic rings. The van der Waals surface area contributed by atoms with Gasteiger partial charge in [-0.2, -0.15) is 0 Å². The van der Waals surface area contributed by atoms with Crippen LogP contribution in [0, 0.1) is 0 Å². The van der Waals surface area contributed by atoms with Crippen LogP contribution in [0.3, 0.4) is 0 Å². The molecule has 3 rings (SSSR count). The van der Waals surface area contributed by atoms with E-state index in [2.05, 4.69) is 15.0 Å². The Morgan fingerprint density at radius 3 is 2.62 bits per heavy atom. The van der Waals surface area contributed by atoms with Crippen molar-refractivity contribution in [3.05, 3.63) is 42.9 Å². The maximum atomic E-state index is 4.49. The van der Waals surface area contributed by atoms with Gasteiger partial charge in [0.15, 0.2) is 11.6 Å². The van der Waals surface area contributed by atoms with E-state index in [9.17, 15) is 0 Å². The molecule has 1 aromatic rings. The number of hydrogen-bond donors (Lipinski definition) is 0. The molecule has 0 amide bonds. The summed E-state index contributed by atoms with van der Waals surface area (Å²) in [6.45, 7) is 0. The molecule has 0 aliphatic carbocycles. The van der Waals surface area contributed by atoms with E-state index >= 15 is 0 Å². The van der Waals surface area contributed by atoms with E-state index in [4.69, 9.17) is 0 Å². The number of imidazole rings is 1. The second-order valence-electron chi connectivity index (χ2n) is 3.63. The van der Waals surface area contributed by atoms with Crippen LogP contribution in [-0.2, 0) is 7.05 Å². The van der Waals surface area contributed by atoms with Gasteiger partial charge in [0.05, 0.1) is 12.5 Å². The Balaban J connectivity index is 2.21. The maximum Gasteiger partial charge on any atom is 0.163 e. The van der Waals surface area contributed by atoms with Crippen molar-refractivity contribution in [2.45, 2.75) is 0 Å². The number of nitrogens with zero attached hydrogens (tertiary/aromatic N) is 4. The zero-order chi connectivity index (χ0) is 11.0. The first-order valence-electron chi connectivity index (χ1n) is 5.04. The monoisotopic (exact) mass is 210 g/mol. The average molecular weight is 210 g/mol. The SMILES string of the molecule is Cn1cncc2nc(-c3ccccc3)nc1-2. The van der Waals surface area contributed by atoms with Crippen molar-refractivity contribution in [1.82, 2.24) is 19.5 Å². The highest BCUT2D eigenvalue weighted by molar-refractivity contribution is 5.63. The van der Waals surface area contributed by atoms with Crippen molar-refractivity contribution in [3.63, 3.8) is 0 Å². The molecule has 0 radical (unpaired) electrons. The van der Waals surface area contributed by atoms with E-state index in [1.807, 2.05) is 41.9 Å². The van der Waals surface area contributed by atoms with Gasteiger partial charge < -0.3 is 4.57 Å². The molecule has 0 fully saturated rings. The second-order valence-corrected chi connectivity index (χ2v) is 3.63. The molecule has 4 heteroatoms. The van der Waals surface area contributed by atoms with E-state index in [0.717, 1.165) is 22.9 Å². The standard InChI is InChI=1S/C12H10N4/c1-16-8-13-7-10-12(16)15-11(14-10)9-5-3-2-4-6-9/h2-8H,1H3. The Morgan fingerprint density at radius 2 is 1.88 bits per heavy atom. The first-order chi connectivity index (χ1) is 7.84. The molecule has 2 aliphatic heterocycles. The minimum absolute atomic E-state index is 0.749. The van der Waals surface area contributed by atoms with Gasteiger partial charge in [-0.1, -0.05) is 30.3 Å². The van der Waals surface area contributed by atoms with Crippen LogP contribution in [0.2, 0.25) is 0 Å². The summed E-state index contributed by atoms with van der Waals surface area (Å²) in [6, 6.07) is 9.94. The zero-order valence-corrected chi connectivity index (χ0v) is 8.83. The van der Waals surface area contributed by atoms with Gasteiger partial charge in [-0.25, -0.2) is 15.0 Å². The van der Waals surface area contributed by atoms with Crippen LogP contribution in [0.4, 0.5) is 0 Å². The van der Waals surface area contributed by atoms with Crippen molar-refractivity contribution in [2.24, 2.45) is 7.05 Å². The van der Waals surface area contributed by atoms with Gasteiger partial charge in [-0.3, -0.25) is 0 Å². The van der Waals surface area contributed by atoms with Gasteiger partial charge in [0.2, 0.25) is 0 Å². The molecule has 0 aromatic heterocycles. The molecule has 2 heterocycles. The third kappa shape index (κ3) is 1.35. The lowest BCUT2D eigenvalue weighted by Gasteiger charge is -2.00. The fraction of sp³-hybridized carbons (Fsp3) is 0.0833. The van der Waals surface area contributed by atoms with Crippen molar-refractivity contribution >= 4 is 0 Å². The fourth-order valence-electron chi connectivity index (χ4n) is 1.67. The molecular weight excluding hydrogens is 200 g/mol. The predicted octanol–water partition coefficient (Wildman–Crippen LogP) is 1.98. The summed E-state index contributed by atoms with van der Waals surface area (Å²) in [6.07, 6.45) is 3.46. The summed E-state index contributed by atoms with van der Waals surface area (Å²) in [4.78, 5) is 13.0. The number of rotatable bonds is 1. The minimum atomic E-state index is 0.749. The Hall–Kier alpha value is -2.23. The van der Waals surface area contributed by atoms with E-state index in [-0.39, 0.29) is 0 Å². The Morgan fingerprint density at radius 1 is 1.06 bits per heavy atom. The molecule has 16 heavy (non-hydrogen) atoms. The van der Waals surface area contributed by atoms with E-state index < -0.39 is 0 Å². The molecule has 0 unspecified atom stereocenters. The summed E-state index contributed by atoms with van der Waals surface area (Å²) < 4.78 is 1.87. The van der Waals surface area contributed by atoms with Crippen molar-refractivity contribution in [1.29, 1.82) is 0 Å². The lowest BCUT2D eigenvalue weighted by molar-refractivity contribution is 0.852. The van der Waals surface area contributed by atoms with E-state index in [1.165, 1.54) is 0 Å². The molecule has 0 spiro atoms. The summed E-state index contributed by atoms with van der Waals surface area (Å²) in [5, 5.41) is 0. The average Bonchev–Trinajstić information content (AvgIpc) is 2.76. The van der Waals surface area contributed by atoms with Gasteiger partial charge in [0, 0.05) is 12.6 Å². The summed E-state index contributed by atoms with van der Waals surface area (Å²) in [5.41, 5.74) is 1.85. The van der Waals surface area contributed by atoms with Crippen LogP contribution in [0.15, 0.2) is 42.9 Å². The number of benzene rings is 1. The minimum Gasteiger partial charge on any atom is -0.318 e. The molecule has 0 N–H and O–H groups in total.